The Kier molecular flexibility index (Phi) is 6.38. The van der Waals surface area contributed by atoms with Gasteiger partial charge >= 0.3 is 0 Å². The van der Waals surface area contributed by atoms with Gasteiger partial charge in [0, 0.05) is 11.4 Å². The second-order valence-electron chi connectivity index (χ2n) is 7.84. The molecule has 5 rings (SSSR count). The van der Waals surface area contributed by atoms with E-state index in [2.05, 4.69) is 20.1 Å². The Hall–Kier alpha value is -2.49. The Balaban J connectivity index is 1.40. The van der Waals surface area contributed by atoms with Crippen LogP contribution in [0.2, 0.25) is 0 Å². The zero-order chi connectivity index (χ0) is 21.9. The summed E-state index contributed by atoms with van der Waals surface area (Å²) in [5.41, 5.74) is 1.76. The maximum Gasteiger partial charge on any atom is 0.236 e. The van der Waals surface area contributed by atoms with Gasteiger partial charge in [0.05, 0.1) is 17.1 Å². The van der Waals surface area contributed by atoms with Crippen LogP contribution < -0.4 is 0 Å². The normalized spacial score (nSPS) is 14.8. The molecule has 1 saturated heterocycles. The predicted octanol–water partition coefficient (Wildman–Crippen LogP) is 5.71. The average Bonchev–Trinajstić information content (AvgIpc) is 3.54. The van der Waals surface area contributed by atoms with Crippen molar-refractivity contribution in [2.75, 3.05) is 13.1 Å². The first-order chi connectivity index (χ1) is 15.7. The van der Waals surface area contributed by atoms with Gasteiger partial charge < -0.3 is 4.42 Å². The molecule has 0 spiro atoms. The van der Waals surface area contributed by atoms with Crippen molar-refractivity contribution in [2.45, 2.75) is 43.6 Å². The molecule has 166 valence electrons. The number of aromatic nitrogens is 4. The number of likely N-dealkylation sites (tertiary alicyclic amines) is 1. The molecule has 0 bridgehead atoms. The molecule has 1 fully saturated rings. The van der Waals surface area contributed by atoms with E-state index < -0.39 is 0 Å². The highest BCUT2D eigenvalue weighted by atomic mass is 32.2. The van der Waals surface area contributed by atoms with Crippen molar-refractivity contribution in [3.63, 3.8) is 0 Å². The Morgan fingerprint density at radius 3 is 2.66 bits per heavy atom. The monoisotopic (exact) mass is 469 g/mol. The molecule has 0 unspecified atom stereocenters. The molecule has 1 aromatic carbocycles. The summed E-state index contributed by atoms with van der Waals surface area (Å²) in [6, 6.07) is 10.5. The van der Waals surface area contributed by atoms with Crippen LogP contribution in [0, 0.1) is 12.7 Å². The molecular formula is C23H24FN5OS2. The second kappa shape index (κ2) is 9.56. The molecule has 0 aliphatic carbocycles. The molecule has 0 atom stereocenters. The summed E-state index contributed by atoms with van der Waals surface area (Å²) in [5, 5.41) is 11.8. The first-order valence-electron chi connectivity index (χ1n) is 10.7. The SMILES string of the molecule is Cc1oc(-c2cccs2)nc1CSc1nnc(CN2CCCCC2)n1-c1ccc(F)cc1. The van der Waals surface area contributed by atoms with Gasteiger partial charge in [-0.05, 0) is 68.6 Å². The smallest absolute Gasteiger partial charge is 0.236 e. The van der Waals surface area contributed by atoms with E-state index in [-0.39, 0.29) is 5.82 Å². The van der Waals surface area contributed by atoms with Gasteiger partial charge in [-0.25, -0.2) is 9.37 Å². The molecule has 9 heteroatoms. The minimum Gasteiger partial charge on any atom is -0.440 e. The number of rotatable bonds is 7. The van der Waals surface area contributed by atoms with Crippen LogP contribution in [0.1, 0.15) is 36.5 Å². The fourth-order valence-electron chi connectivity index (χ4n) is 3.86. The number of hydrogen-bond donors (Lipinski definition) is 0. The molecule has 6 nitrogen and oxygen atoms in total. The lowest BCUT2D eigenvalue weighted by Gasteiger charge is -2.26. The first-order valence-corrected chi connectivity index (χ1v) is 12.6. The average molecular weight is 470 g/mol. The van der Waals surface area contributed by atoms with E-state index in [1.165, 1.54) is 31.4 Å². The number of aryl methyl sites for hydroxylation is 1. The topological polar surface area (TPSA) is 60.0 Å². The van der Waals surface area contributed by atoms with Gasteiger partial charge in [0.1, 0.15) is 11.6 Å². The highest BCUT2D eigenvalue weighted by Crippen LogP contribution is 2.30. The van der Waals surface area contributed by atoms with Gasteiger partial charge in [0.25, 0.3) is 0 Å². The molecule has 1 aliphatic rings. The van der Waals surface area contributed by atoms with E-state index in [9.17, 15) is 4.39 Å². The molecule has 32 heavy (non-hydrogen) atoms. The first kappa shape index (κ1) is 21.4. The van der Waals surface area contributed by atoms with Crippen LogP contribution in [-0.4, -0.2) is 37.7 Å². The number of nitrogens with zero attached hydrogens (tertiary/aromatic N) is 5. The highest BCUT2D eigenvalue weighted by molar-refractivity contribution is 7.98. The van der Waals surface area contributed by atoms with E-state index in [1.54, 1.807) is 35.2 Å². The number of halogens is 1. The van der Waals surface area contributed by atoms with Crippen LogP contribution in [0.5, 0.6) is 0 Å². The number of thioether (sulfide) groups is 1. The van der Waals surface area contributed by atoms with Crippen molar-refractivity contribution in [3.05, 3.63) is 64.9 Å². The highest BCUT2D eigenvalue weighted by Gasteiger charge is 2.20. The Morgan fingerprint density at radius 1 is 1.09 bits per heavy atom. The number of hydrogen-bond acceptors (Lipinski definition) is 7. The maximum atomic E-state index is 13.6. The minimum atomic E-state index is -0.257. The van der Waals surface area contributed by atoms with Crippen molar-refractivity contribution in [2.24, 2.45) is 0 Å². The lowest BCUT2D eigenvalue weighted by Crippen LogP contribution is -2.30. The molecule has 4 heterocycles. The fourth-order valence-corrected chi connectivity index (χ4v) is 5.48. The third kappa shape index (κ3) is 4.65. The maximum absolute atomic E-state index is 13.6. The van der Waals surface area contributed by atoms with Gasteiger partial charge in [-0.2, -0.15) is 0 Å². The summed E-state index contributed by atoms with van der Waals surface area (Å²) in [7, 11) is 0. The number of thiophene rings is 1. The predicted molar refractivity (Wildman–Crippen MR) is 125 cm³/mol. The molecule has 0 radical (unpaired) electrons. The largest absolute Gasteiger partial charge is 0.440 e. The summed E-state index contributed by atoms with van der Waals surface area (Å²) >= 11 is 3.17. The lowest BCUT2D eigenvalue weighted by molar-refractivity contribution is 0.214. The van der Waals surface area contributed by atoms with Gasteiger partial charge in [0.15, 0.2) is 11.0 Å². The van der Waals surface area contributed by atoms with Gasteiger partial charge in [0.2, 0.25) is 5.89 Å². The second-order valence-corrected chi connectivity index (χ2v) is 9.73. The summed E-state index contributed by atoms with van der Waals surface area (Å²) in [4.78, 5) is 8.12. The molecule has 4 aromatic rings. The third-order valence-electron chi connectivity index (χ3n) is 5.56. The number of benzene rings is 1. The molecule has 0 saturated carbocycles. The third-order valence-corrected chi connectivity index (χ3v) is 7.36. The van der Waals surface area contributed by atoms with Crippen LogP contribution in [0.4, 0.5) is 4.39 Å². The number of oxazole rings is 1. The van der Waals surface area contributed by atoms with E-state index in [1.807, 2.05) is 29.0 Å². The van der Waals surface area contributed by atoms with E-state index in [4.69, 9.17) is 4.42 Å². The summed E-state index contributed by atoms with van der Waals surface area (Å²) in [5.74, 6) is 2.69. The molecule has 0 N–H and O–H groups in total. The molecule has 0 amide bonds. The number of piperidine rings is 1. The lowest BCUT2D eigenvalue weighted by atomic mass is 10.1. The van der Waals surface area contributed by atoms with Crippen molar-refractivity contribution < 1.29 is 8.81 Å². The Labute approximate surface area is 194 Å². The van der Waals surface area contributed by atoms with Gasteiger partial charge in [-0.3, -0.25) is 9.47 Å². The molecule has 3 aromatic heterocycles. The summed E-state index contributed by atoms with van der Waals surface area (Å²) in [6.07, 6.45) is 3.71. The van der Waals surface area contributed by atoms with Crippen LogP contribution in [0.15, 0.2) is 51.4 Å². The van der Waals surface area contributed by atoms with Crippen LogP contribution >= 0.6 is 23.1 Å². The van der Waals surface area contributed by atoms with Crippen LogP contribution in [0.25, 0.3) is 16.5 Å². The van der Waals surface area contributed by atoms with Crippen molar-refractivity contribution in [3.8, 4) is 16.5 Å². The van der Waals surface area contributed by atoms with Gasteiger partial charge in [-0.1, -0.05) is 24.2 Å². The quantitative estimate of drug-likeness (QED) is 0.323. The van der Waals surface area contributed by atoms with Crippen LogP contribution in [-0.2, 0) is 12.3 Å². The van der Waals surface area contributed by atoms with E-state index in [0.29, 0.717) is 11.6 Å². The van der Waals surface area contributed by atoms with Crippen LogP contribution in [0.3, 0.4) is 0 Å². The molecular weight excluding hydrogens is 445 g/mol. The summed E-state index contributed by atoms with van der Waals surface area (Å²) < 4.78 is 21.5. The van der Waals surface area contributed by atoms with Crippen molar-refractivity contribution in [1.82, 2.24) is 24.6 Å². The van der Waals surface area contributed by atoms with Crippen molar-refractivity contribution in [1.29, 1.82) is 0 Å². The zero-order valence-corrected chi connectivity index (χ0v) is 19.5. The molecule has 1 aliphatic heterocycles. The minimum absolute atomic E-state index is 0.257. The van der Waals surface area contributed by atoms with E-state index >= 15 is 0 Å². The van der Waals surface area contributed by atoms with Gasteiger partial charge in [-0.15, -0.1) is 21.5 Å². The van der Waals surface area contributed by atoms with Crippen molar-refractivity contribution >= 4 is 23.1 Å². The van der Waals surface area contributed by atoms with E-state index in [0.717, 1.165) is 52.6 Å². The Morgan fingerprint density at radius 2 is 1.91 bits per heavy atom. The summed E-state index contributed by atoms with van der Waals surface area (Å²) in [6.45, 7) is 4.81. The standard InChI is InChI=1S/C23H24FN5OS2/c1-16-19(25-22(30-16)20-6-5-13-31-20)15-32-23-27-26-21(14-28-11-3-2-4-12-28)29(23)18-9-7-17(24)8-10-18/h5-10,13H,2-4,11-12,14-15H2,1H3. The Bertz CT molecular complexity index is 1160. The fraction of sp³-hybridized carbons (Fsp3) is 0.348. The zero-order valence-electron chi connectivity index (χ0n) is 17.8.